The third-order valence-corrected chi connectivity index (χ3v) is 5.54. The minimum absolute atomic E-state index is 0.00652. The van der Waals surface area contributed by atoms with Gasteiger partial charge in [-0.1, -0.05) is 74.4 Å². The largest absolute Gasteiger partial charge is 0.384 e. The highest BCUT2D eigenvalue weighted by molar-refractivity contribution is 5.94. The van der Waals surface area contributed by atoms with Crippen LogP contribution in [0.15, 0.2) is 54.6 Å². The summed E-state index contributed by atoms with van der Waals surface area (Å²) in [6, 6.07) is 16.2. The summed E-state index contributed by atoms with van der Waals surface area (Å²) < 4.78 is 0. The third-order valence-electron chi connectivity index (χ3n) is 5.54. The number of unbranched alkanes of at least 4 members (excludes halogenated alkanes) is 2. The molecule has 0 aromatic heterocycles. The molecule has 7 heteroatoms. The molecule has 0 aliphatic heterocycles. The van der Waals surface area contributed by atoms with E-state index in [4.69, 9.17) is 11.1 Å². The minimum Gasteiger partial charge on any atom is -0.384 e. The van der Waals surface area contributed by atoms with E-state index in [1.165, 1.54) is 5.56 Å². The Morgan fingerprint density at radius 1 is 0.970 bits per heavy atom. The smallest absolute Gasteiger partial charge is 0.242 e. The first-order valence-corrected chi connectivity index (χ1v) is 11.7. The molecule has 2 atom stereocenters. The molecule has 0 saturated heterocycles. The van der Waals surface area contributed by atoms with Gasteiger partial charge in [0, 0.05) is 12.1 Å². The lowest BCUT2D eigenvalue weighted by molar-refractivity contribution is -0.129. The van der Waals surface area contributed by atoms with E-state index in [9.17, 15) is 9.59 Å². The molecule has 0 fully saturated rings. The first-order chi connectivity index (χ1) is 15.9. The highest BCUT2D eigenvalue weighted by Crippen LogP contribution is 2.07. The first-order valence-electron chi connectivity index (χ1n) is 11.7. The Labute approximate surface area is 197 Å². The van der Waals surface area contributed by atoms with Crippen LogP contribution in [0.5, 0.6) is 0 Å². The van der Waals surface area contributed by atoms with Crippen LogP contribution in [-0.4, -0.2) is 36.3 Å². The van der Waals surface area contributed by atoms with Crippen molar-refractivity contribution >= 4 is 17.6 Å². The second-order valence-electron chi connectivity index (χ2n) is 8.30. The summed E-state index contributed by atoms with van der Waals surface area (Å²) in [5.41, 5.74) is 8.18. The highest BCUT2D eigenvalue weighted by atomic mass is 16.2. The SMILES string of the molecule is CCCCCN[C@H](CCc1ccccc1)C(=O)N[C@@H](C)C(=O)NCc1ccc(C(=N)N)cc1. The molecule has 6 N–H and O–H groups in total. The molecule has 7 nitrogen and oxygen atoms in total. The van der Waals surface area contributed by atoms with Crippen molar-refractivity contribution in [1.82, 2.24) is 16.0 Å². The number of amides is 2. The van der Waals surface area contributed by atoms with Crippen LogP contribution in [0.4, 0.5) is 0 Å². The molecule has 0 spiro atoms. The zero-order valence-corrected chi connectivity index (χ0v) is 19.7. The Morgan fingerprint density at radius 2 is 1.67 bits per heavy atom. The van der Waals surface area contributed by atoms with Crippen LogP contribution < -0.4 is 21.7 Å². The predicted molar refractivity (Wildman–Crippen MR) is 133 cm³/mol. The van der Waals surface area contributed by atoms with E-state index in [1.54, 1.807) is 19.1 Å². The molecule has 0 aliphatic carbocycles. The fourth-order valence-corrected chi connectivity index (χ4v) is 3.46. The van der Waals surface area contributed by atoms with Gasteiger partial charge in [-0.15, -0.1) is 0 Å². The van der Waals surface area contributed by atoms with Crippen molar-refractivity contribution in [3.63, 3.8) is 0 Å². The first kappa shape index (κ1) is 26.1. The van der Waals surface area contributed by atoms with E-state index in [0.717, 1.165) is 37.8 Å². The van der Waals surface area contributed by atoms with Gasteiger partial charge in [0.2, 0.25) is 11.8 Å². The Balaban J connectivity index is 1.87. The number of amidine groups is 1. The lowest BCUT2D eigenvalue weighted by Crippen LogP contribution is -2.51. The molecular formula is C26H37N5O2. The van der Waals surface area contributed by atoms with Gasteiger partial charge < -0.3 is 21.7 Å². The van der Waals surface area contributed by atoms with E-state index in [1.807, 2.05) is 30.3 Å². The number of carbonyl (C=O) groups is 2. The topological polar surface area (TPSA) is 120 Å². The Kier molecular flexibility index (Phi) is 11.1. The lowest BCUT2D eigenvalue weighted by Gasteiger charge is -2.21. The minimum atomic E-state index is -0.648. The molecule has 2 aromatic rings. The average molecular weight is 452 g/mol. The zero-order valence-electron chi connectivity index (χ0n) is 19.7. The van der Waals surface area contributed by atoms with Crippen LogP contribution in [0.3, 0.4) is 0 Å². The molecule has 2 aromatic carbocycles. The van der Waals surface area contributed by atoms with Crippen molar-refractivity contribution in [2.75, 3.05) is 6.54 Å². The van der Waals surface area contributed by atoms with Crippen LogP contribution in [0, 0.1) is 5.41 Å². The Morgan fingerprint density at radius 3 is 2.30 bits per heavy atom. The van der Waals surface area contributed by atoms with Gasteiger partial charge in [0.05, 0.1) is 6.04 Å². The maximum Gasteiger partial charge on any atom is 0.242 e. The van der Waals surface area contributed by atoms with Crippen molar-refractivity contribution in [2.45, 2.75) is 64.6 Å². The second kappa shape index (κ2) is 14.1. The van der Waals surface area contributed by atoms with Gasteiger partial charge in [0.25, 0.3) is 0 Å². The van der Waals surface area contributed by atoms with Crippen LogP contribution >= 0.6 is 0 Å². The van der Waals surface area contributed by atoms with Crippen LogP contribution in [0.25, 0.3) is 0 Å². The molecule has 0 saturated carbocycles. The molecule has 178 valence electrons. The monoisotopic (exact) mass is 451 g/mol. The summed E-state index contributed by atoms with van der Waals surface area (Å²) in [7, 11) is 0. The molecule has 0 heterocycles. The number of rotatable bonds is 14. The van der Waals surface area contributed by atoms with Crippen molar-refractivity contribution in [2.24, 2.45) is 5.73 Å². The van der Waals surface area contributed by atoms with E-state index in [2.05, 4.69) is 35.0 Å². The van der Waals surface area contributed by atoms with Crippen molar-refractivity contribution in [3.8, 4) is 0 Å². The van der Waals surface area contributed by atoms with Gasteiger partial charge in [-0.2, -0.15) is 0 Å². The number of nitrogens with one attached hydrogen (secondary N) is 4. The van der Waals surface area contributed by atoms with Gasteiger partial charge >= 0.3 is 0 Å². The van der Waals surface area contributed by atoms with Gasteiger partial charge in [0.1, 0.15) is 11.9 Å². The van der Waals surface area contributed by atoms with Crippen molar-refractivity contribution in [1.29, 1.82) is 5.41 Å². The van der Waals surface area contributed by atoms with Gasteiger partial charge in [-0.05, 0) is 43.9 Å². The Bertz CT molecular complexity index is 883. The molecule has 0 aliphatic rings. The van der Waals surface area contributed by atoms with E-state index < -0.39 is 6.04 Å². The Hall–Kier alpha value is -3.19. The fraction of sp³-hybridized carbons (Fsp3) is 0.423. The summed E-state index contributed by atoms with van der Waals surface area (Å²) in [6.07, 6.45) is 4.71. The lowest BCUT2D eigenvalue weighted by atomic mass is 10.0. The van der Waals surface area contributed by atoms with Gasteiger partial charge in [0.15, 0.2) is 0 Å². The molecule has 2 amide bonds. The summed E-state index contributed by atoms with van der Waals surface area (Å²) in [4.78, 5) is 25.5. The number of nitrogens with two attached hydrogens (primary N) is 1. The maximum atomic E-state index is 12.9. The molecule has 0 unspecified atom stereocenters. The fourth-order valence-electron chi connectivity index (χ4n) is 3.46. The zero-order chi connectivity index (χ0) is 24.1. The number of hydrogen-bond donors (Lipinski definition) is 5. The highest BCUT2D eigenvalue weighted by Gasteiger charge is 2.22. The number of nitrogen functional groups attached to an aromatic ring is 1. The van der Waals surface area contributed by atoms with Crippen LogP contribution in [-0.2, 0) is 22.6 Å². The quantitative estimate of drug-likeness (QED) is 0.172. The van der Waals surface area contributed by atoms with Crippen LogP contribution in [0.2, 0.25) is 0 Å². The summed E-state index contributed by atoms with van der Waals surface area (Å²) >= 11 is 0. The van der Waals surface area contributed by atoms with Crippen molar-refractivity contribution < 1.29 is 9.59 Å². The number of aryl methyl sites for hydroxylation is 1. The number of carbonyl (C=O) groups excluding carboxylic acids is 2. The van der Waals surface area contributed by atoms with E-state index >= 15 is 0 Å². The summed E-state index contributed by atoms with van der Waals surface area (Å²) in [5.74, 6) is -0.394. The molecule has 0 bridgehead atoms. The van der Waals surface area contributed by atoms with Gasteiger partial charge in [-0.25, -0.2) is 0 Å². The van der Waals surface area contributed by atoms with E-state index in [-0.39, 0.29) is 23.7 Å². The standard InChI is InChI=1S/C26H37N5O2/c1-3-4-8-17-29-23(16-13-20-9-6-5-7-10-20)26(33)31-19(2)25(32)30-18-21-11-14-22(15-12-21)24(27)28/h5-7,9-12,14-15,19,23,29H,3-4,8,13,16-18H2,1-2H3,(H3,27,28)(H,30,32)(H,31,33)/t19-,23+/m0/s1. The second-order valence-corrected chi connectivity index (χ2v) is 8.30. The molecule has 33 heavy (non-hydrogen) atoms. The number of hydrogen-bond acceptors (Lipinski definition) is 4. The molecule has 0 radical (unpaired) electrons. The third kappa shape index (κ3) is 9.45. The van der Waals surface area contributed by atoms with Gasteiger partial charge in [-0.3, -0.25) is 15.0 Å². The number of benzene rings is 2. The average Bonchev–Trinajstić information content (AvgIpc) is 2.82. The summed E-state index contributed by atoms with van der Waals surface area (Å²) in [5, 5.41) is 16.5. The molecular weight excluding hydrogens is 414 g/mol. The summed E-state index contributed by atoms with van der Waals surface area (Å²) in [6.45, 7) is 4.95. The van der Waals surface area contributed by atoms with Crippen molar-refractivity contribution in [3.05, 3.63) is 71.3 Å². The normalized spacial score (nSPS) is 12.5. The van der Waals surface area contributed by atoms with Crippen LogP contribution in [0.1, 0.15) is 56.2 Å². The van der Waals surface area contributed by atoms with E-state index in [0.29, 0.717) is 18.5 Å². The predicted octanol–water partition coefficient (Wildman–Crippen LogP) is 2.87. The molecule has 2 rings (SSSR count). The maximum absolute atomic E-state index is 12.9.